The molecule has 3 aromatic heterocycles. The van der Waals surface area contributed by atoms with Gasteiger partial charge in [0.05, 0.1) is 17.2 Å². The molecule has 1 aromatic carbocycles. The number of hydrogen-bond acceptors (Lipinski definition) is 3. The molecule has 3 heterocycles. The van der Waals surface area contributed by atoms with Gasteiger partial charge in [0.1, 0.15) is 6.33 Å². The number of nitrogens with zero attached hydrogens (tertiary/aromatic N) is 4. The molecular weight excluding hydrogens is 226 g/mol. The van der Waals surface area contributed by atoms with Crippen LogP contribution in [0, 0.1) is 0 Å². The topological polar surface area (TPSA) is 58.9 Å². The number of fused-ring (bicyclic) bond motifs is 3. The Bertz CT molecular complexity index is 828. The Morgan fingerprint density at radius 2 is 1.94 bits per heavy atom. The highest BCUT2D eigenvalue weighted by Crippen LogP contribution is 2.23. The van der Waals surface area contributed by atoms with E-state index < -0.39 is 0 Å². The van der Waals surface area contributed by atoms with Crippen LogP contribution in [-0.4, -0.2) is 24.6 Å². The zero-order chi connectivity index (χ0) is 11.9. The van der Waals surface area contributed by atoms with Gasteiger partial charge in [-0.1, -0.05) is 30.3 Å². The molecule has 18 heavy (non-hydrogen) atoms. The van der Waals surface area contributed by atoms with E-state index >= 15 is 0 Å². The summed E-state index contributed by atoms with van der Waals surface area (Å²) >= 11 is 0. The first-order valence-corrected chi connectivity index (χ1v) is 5.65. The first-order valence-electron chi connectivity index (χ1n) is 5.65. The lowest BCUT2D eigenvalue weighted by Gasteiger charge is -1.94. The average molecular weight is 235 g/mol. The van der Waals surface area contributed by atoms with E-state index in [4.69, 9.17) is 0 Å². The van der Waals surface area contributed by atoms with Gasteiger partial charge in [0.2, 0.25) is 0 Å². The largest absolute Gasteiger partial charge is 0.352 e. The second kappa shape index (κ2) is 3.40. The van der Waals surface area contributed by atoms with Crippen molar-refractivity contribution in [1.82, 2.24) is 24.6 Å². The number of rotatable bonds is 1. The molecule has 0 aliphatic rings. The van der Waals surface area contributed by atoms with Gasteiger partial charge in [-0.2, -0.15) is 14.6 Å². The molecule has 0 bridgehead atoms. The van der Waals surface area contributed by atoms with Crippen molar-refractivity contribution in [2.24, 2.45) is 0 Å². The van der Waals surface area contributed by atoms with Crippen LogP contribution < -0.4 is 0 Å². The second-order valence-electron chi connectivity index (χ2n) is 4.08. The molecule has 0 saturated heterocycles. The fourth-order valence-corrected chi connectivity index (χ4v) is 2.12. The predicted octanol–water partition coefficient (Wildman–Crippen LogP) is 2.27. The number of H-pyrrole nitrogens is 1. The fraction of sp³-hybridized carbons (Fsp3) is 0. The van der Waals surface area contributed by atoms with Gasteiger partial charge >= 0.3 is 0 Å². The van der Waals surface area contributed by atoms with Crippen LogP contribution in [0.3, 0.4) is 0 Å². The van der Waals surface area contributed by atoms with Crippen molar-refractivity contribution in [2.45, 2.75) is 0 Å². The van der Waals surface area contributed by atoms with Crippen LogP contribution in [0.4, 0.5) is 0 Å². The van der Waals surface area contributed by atoms with Crippen LogP contribution in [0.1, 0.15) is 0 Å². The third-order valence-electron chi connectivity index (χ3n) is 2.98. The molecule has 0 aliphatic carbocycles. The Morgan fingerprint density at radius 3 is 2.83 bits per heavy atom. The van der Waals surface area contributed by atoms with Gasteiger partial charge in [0.25, 0.3) is 5.78 Å². The van der Waals surface area contributed by atoms with Crippen LogP contribution in [0.5, 0.6) is 0 Å². The minimum atomic E-state index is 0.612. The molecule has 0 aliphatic heterocycles. The molecule has 0 fully saturated rings. The van der Waals surface area contributed by atoms with Gasteiger partial charge < -0.3 is 4.98 Å². The van der Waals surface area contributed by atoms with E-state index in [1.807, 2.05) is 18.2 Å². The minimum absolute atomic E-state index is 0.612. The molecule has 5 heteroatoms. The summed E-state index contributed by atoms with van der Waals surface area (Å²) in [5.41, 5.74) is 4.13. The number of aromatic amines is 1. The summed E-state index contributed by atoms with van der Waals surface area (Å²) in [7, 11) is 0. The molecule has 4 rings (SSSR count). The number of aromatic nitrogens is 5. The molecule has 86 valence electrons. The molecule has 0 spiro atoms. The van der Waals surface area contributed by atoms with Crippen LogP contribution >= 0.6 is 0 Å². The van der Waals surface area contributed by atoms with Crippen LogP contribution in [-0.2, 0) is 0 Å². The third kappa shape index (κ3) is 1.24. The molecule has 5 nitrogen and oxygen atoms in total. The lowest BCUT2D eigenvalue weighted by Crippen LogP contribution is -1.90. The Labute approximate surface area is 102 Å². The summed E-state index contributed by atoms with van der Waals surface area (Å²) in [5.74, 6) is 0.612. The zero-order valence-corrected chi connectivity index (χ0v) is 9.41. The highest BCUT2D eigenvalue weighted by atomic mass is 15.3. The summed E-state index contributed by atoms with van der Waals surface area (Å²) in [6.07, 6.45) is 3.29. The number of nitrogens with one attached hydrogen (secondary N) is 1. The number of hydrogen-bond donors (Lipinski definition) is 1. The van der Waals surface area contributed by atoms with Gasteiger partial charge in [-0.25, -0.2) is 4.98 Å². The Hall–Kier alpha value is -2.69. The lowest BCUT2D eigenvalue weighted by molar-refractivity contribution is 0.984. The van der Waals surface area contributed by atoms with Gasteiger partial charge in [-0.15, -0.1) is 0 Å². The quantitative estimate of drug-likeness (QED) is 0.550. The Kier molecular flexibility index (Phi) is 1.77. The third-order valence-corrected chi connectivity index (χ3v) is 2.98. The molecule has 0 unspecified atom stereocenters. The van der Waals surface area contributed by atoms with Crippen molar-refractivity contribution in [3.63, 3.8) is 0 Å². The zero-order valence-electron chi connectivity index (χ0n) is 9.41. The standard InChI is InChI=1S/C13H9N5/c1-2-4-9(5-3-1)10-6-12-11(17-10)7-14-13-15-8-16-18(12)13/h1-8,17H. The van der Waals surface area contributed by atoms with Crippen molar-refractivity contribution < 1.29 is 0 Å². The van der Waals surface area contributed by atoms with Gasteiger partial charge in [-0.05, 0) is 11.6 Å². The number of benzene rings is 1. The monoisotopic (exact) mass is 235 g/mol. The summed E-state index contributed by atoms with van der Waals surface area (Å²) in [5, 5.41) is 4.18. The van der Waals surface area contributed by atoms with E-state index in [0.29, 0.717) is 5.78 Å². The van der Waals surface area contributed by atoms with Crippen molar-refractivity contribution in [1.29, 1.82) is 0 Å². The smallest absolute Gasteiger partial charge is 0.252 e. The first kappa shape index (κ1) is 9.35. The SMILES string of the molecule is c1ccc(-c2cc3c(cnc4ncnn43)[nH]2)cc1. The molecule has 0 amide bonds. The van der Waals surface area contributed by atoms with Gasteiger partial charge in [-0.3, -0.25) is 0 Å². The van der Waals surface area contributed by atoms with Crippen LogP contribution in [0.15, 0.2) is 48.9 Å². The maximum absolute atomic E-state index is 4.23. The first-order chi connectivity index (χ1) is 8.92. The molecule has 0 radical (unpaired) electrons. The van der Waals surface area contributed by atoms with E-state index in [2.05, 4.69) is 38.2 Å². The molecule has 4 aromatic rings. The molecule has 0 atom stereocenters. The van der Waals surface area contributed by atoms with E-state index in [0.717, 1.165) is 22.3 Å². The molecule has 0 saturated carbocycles. The fourth-order valence-electron chi connectivity index (χ4n) is 2.12. The van der Waals surface area contributed by atoms with Crippen LogP contribution in [0.25, 0.3) is 28.1 Å². The summed E-state index contributed by atoms with van der Waals surface area (Å²) in [6, 6.07) is 12.2. The minimum Gasteiger partial charge on any atom is -0.352 e. The average Bonchev–Trinajstić information content (AvgIpc) is 3.05. The highest BCUT2D eigenvalue weighted by Gasteiger charge is 2.07. The summed E-state index contributed by atoms with van der Waals surface area (Å²) < 4.78 is 1.73. The van der Waals surface area contributed by atoms with E-state index in [-0.39, 0.29) is 0 Å². The molecular formula is C13H9N5. The maximum Gasteiger partial charge on any atom is 0.252 e. The van der Waals surface area contributed by atoms with E-state index in [9.17, 15) is 0 Å². The Balaban J connectivity index is 2.04. The second-order valence-corrected chi connectivity index (χ2v) is 4.08. The highest BCUT2D eigenvalue weighted by molar-refractivity contribution is 5.83. The van der Waals surface area contributed by atoms with Crippen molar-refractivity contribution in [3.05, 3.63) is 48.9 Å². The Morgan fingerprint density at radius 1 is 1.06 bits per heavy atom. The van der Waals surface area contributed by atoms with Crippen molar-refractivity contribution >= 4 is 16.8 Å². The van der Waals surface area contributed by atoms with E-state index in [1.54, 1.807) is 10.7 Å². The summed E-state index contributed by atoms with van der Waals surface area (Å²) in [6.45, 7) is 0. The van der Waals surface area contributed by atoms with Crippen molar-refractivity contribution in [2.75, 3.05) is 0 Å². The summed E-state index contributed by atoms with van der Waals surface area (Å²) in [4.78, 5) is 11.7. The van der Waals surface area contributed by atoms with Gasteiger partial charge in [0, 0.05) is 5.69 Å². The maximum atomic E-state index is 4.23. The van der Waals surface area contributed by atoms with Crippen molar-refractivity contribution in [3.8, 4) is 11.3 Å². The molecule has 1 N–H and O–H groups in total. The lowest BCUT2D eigenvalue weighted by atomic mass is 10.2. The van der Waals surface area contributed by atoms with Gasteiger partial charge in [0.15, 0.2) is 0 Å². The predicted molar refractivity (Wildman–Crippen MR) is 68.1 cm³/mol. The van der Waals surface area contributed by atoms with Crippen LogP contribution in [0.2, 0.25) is 0 Å². The normalized spacial score (nSPS) is 11.3. The van der Waals surface area contributed by atoms with E-state index in [1.165, 1.54) is 6.33 Å².